The van der Waals surface area contributed by atoms with Crippen LogP contribution >= 0.6 is 15.9 Å². The van der Waals surface area contributed by atoms with Crippen LogP contribution in [0, 0.1) is 0 Å². The van der Waals surface area contributed by atoms with Crippen molar-refractivity contribution in [1.82, 2.24) is 30.7 Å². The monoisotopic (exact) mass is 1160 g/mol. The second-order valence-electron chi connectivity index (χ2n) is 17.3. The Labute approximate surface area is 464 Å². The maximum absolute atomic E-state index is 14.6. The lowest BCUT2D eigenvalue weighted by atomic mass is 10.1. The minimum Gasteiger partial charge on any atom is -0.495 e. The number of benzene rings is 4. The number of carbonyl (C=O) groups is 9. The molecule has 426 valence electrons. The van der Waals surface area contributed by atoms with Crippen molar-refractivity contribution < 1.29 is 87.3 Å². The first-order valence-corrected chi connectivity index (χ1v) is 25.7. The van der Waals surface area contributed by atoms with Gasteiger partial charge in [-0.2, -0.15) is 0 Å². The van der Waals surface area contributed by atoms with Gasteiger partial charge in [0.2, 0.25) is 0 Å². The van der Waals surface area contributed by atoms with Crippen molar-refractivity contribution in [3.8, 4) is 23.0 Å². The summed E-state index contributed by atoms with van der Waals surface area (Å²) in [6, 6.07) is 15.1. The molecule has 4 aromatic carbocycles. The quantitative estimate of drug-likeness (QED) is 0.0245. The summed E-state index contributed by atoms with van der Waals surface area (Å²) < 4.78 is 26.7. The van der Waals surface area contributed by atoms with Crippen LogP contribution in [0.4, 0.5) is 0 Å². The average Bonchev–Trinajstić information content (AvgIpc) is 3.45. The number of hydrogen-bond donors (Lipinski definition) is 7. The number of carboxylic acids is 4. The van der Waals surface area contributed by atoms with Gasteiger partial charge in [0.1, 0.15) is 45.3 Å². The van der Waals surface area contributed by atoms with Crippen LogP contribution in [0.15, 0.2) is 71.2 Å². The summed E-state index contributed by atoms with van der Waals surface area (Å²) in [6.45, 7) is 3.13. The number of halogens is 1. The number of hydrogen-bond acceptors (Lipinski definition) is 16. The van der Waals surface area contributed by atoms with E-state index in [1.807, 2.05) is 9.80 Å². The zero-order chi connectivity index (χ0) is 58.2. The molecule has 0 aliphatic heterocycles. The average molecular weight is 1170 g/mol. The zero-order valence-electron chi connectivity index (χ0n) is 44.4. The molecule has 0 unspecified atom stereocenters. The lowest BCUT2D eigenvalue weighted by molar-refractivity contribution is -0.143. The highest BCUT2D eigenvalue weighted by Crippen LogP contribution is 2.31. The number of rotatable bonds is 34. The molecule has 25 heteroatoms. The Morgan fingerprint density at radius 3 is 1.19 bits per heavy atom. The molecular weight excluding hydrogens is 1100 g/mol. The zero-order valence-corrected chi connectivity index (χ0v) is 46.0. The number of carboxylic acid groups (broad SMARTS) is 4. The number of methoxy groups -OCH3 is 4. The number of esters is 1. The highest BCUT2D eigenvalue weighted by atomic mass is 79.9. The SMILES string of the molecule is CCOC(=O)CCCCCN(CCN(CCNC(=O)c1cccc(C(=O)O)c1OC)CCN(CCNC(=O)c1cccc(C(=O)O)c1OC)CCNC(=O)c1cccc(C(=O)O)c1OC)C(=O)c1cc(Br)cc(C(=O)O)c1OC. The van der Waals surface area contributed by atoms with E-state index in [0.717, 1.165) is 0 Å². The van der Waals surface area contributed by atoms with E-state index in [2.05, 4.69) is 31.9 Å². The maximum Gasteiger partial charge on any atom is 0.339 e. The molecule has 0 bridgehead atoms. The van der Waals surface area contributed by atoms with E-state index in [1.165, 1.54) is 100 Å². The number of para-hydroxylation sites is 3. The molecule has 0 fully saturated rings. The van der Waals surface area contributed by atoms with Gasteiger partial charge in [0.15, 0.2) is 0 Å². The van der Waals surface area contributed by atoms with E-state index < -0.39 is 47.5 Å². The first-order valence-electron chi connectivity index (χ1n) is 24.9. The van der Waals surface area contributed by atoms with E-state index >= 15 is 0 Å². The predicted molar refractivity (Wildman–Crippen MR) is 288 cm³/mol. The van der Waals surface area contributed by atoms with Crippen LogP contribution < -0.4 is 34.9 Å². The molecule has 4 amide bonds. The van der Waals surface area contributed by atoms with E-state index in [4.69, 9.17) is 23.7 Å². The minimum atomic E-state index is -1.33. The molecule has 0 aromatic heterocycles. The first kappa shape index (κ1) is 63.2. The van der Waals surface area contributed by atoms with Gasteiger partial charge in [0, 0.05) is 82.9 Å². The summed E-state index contributed by atoms with van der Waals surface area (Å²) in [4.78, 5) is 121. The van der Waals surface area contributed by atoms with Crippen LogP contribution in [-0.4, -0.2) is 196 Å². The van der Waals surface area contributed by atoms with Crippen molar-refractivity contribution in [3.63, 3.8) is 0 Å². The fraction of sp³-hybridized carbons (Fsp3) is 0.389. The molecule has 0 spiro atoms. The second-order valence-corrected chi connectivity index (χ2v) is 18.2. The fourth-order valence-corrected chi connectivity index (χ4v) is 8.85. The van der Waals surface area contributed by atoms with Gasteiger partial charge in [-0.1, -0.05) is 40.5 Å². The molecular formula is C54H65BrN6O18. The highest BCUT2D eigenvalue weighted by molar-refractivity contribution is 9.10. The summed E-state index contributed by atoms with van der Waals surface area (Å²) in [5, 5.41) is 47.6. The van der Waals surface area contributed by atoms with Crippen LogP contribution in [0.25, 0.3) is 0 Å². The maximum atomic E-state index is 14.6. The number of nitrogens with one attached hydrogen (secondary N) is 3. The van der Waals surface area contributed by atoms with Gasteiger partial charge in [-0.05, 0) is 68.3 Å². The van der Waals surface area contributed by atoms with Crippen LogP contribution in [0.3, 0.4) is 0 Å². The number of carbonyl (C=O) groups excluding carboxylic acids is 5. The van der Waals surface area contributed by atoms with Crippen LogP contribution in [0.5, 0.6) is 23.0 Å². The summed E-state index contributed by atoms with van der Waals surface area (Å²) in [6.07, 6.45) is 1.60. The highest BCUT2D eigenvalue weighted by Gasteiger charge is 2.27. The van der Waals surface area contributed by atoms with Crippen LogP contribution in [0.1, 0.15) is 115 Å². The van der Waals surface area contributed by atoms with Gasteiger partial charge >= 0.3 is 29.8 Å². The number of nitrogens with zero attached hydrogens (tertiary/aromatic N) is 3. The van der Waals surface area contributed by atoms with Gasteiger partial charge in [-0.3, -0.25) is 33.8 Å². The Balaban J connectivity index is 1.67. The first-order chi connectivity index (χ1) is 37.8. The van der Waals surface area contributed by atoms with E-state index in [0.29, 0.717) is 23.7 Å². The van der Waals surface area contributed by atoms with Crippen molar-refractivity contribution in [2.75, 3.05) is 107 Å². The normalized spacial score (nSPS) is 10.8. The van der Waals surface area contributed by atoms with E-state index in [9.17, 15) is 63.6 Å². The van der Waals surface area contributed by atoms with Crippen molar-refractivity contribution >= 4 is 69.4 Å². The molecule has 0 atom stereocenters. The molecule has 79 heavy (non-hydrogen) atoms. The Morgan fingerprint density at radius 1 is 0.456 bits per heavy atom. The summed E-state index contributed by atoms with van der Waals surface area (Å²) in [5.74, 6) is -8.67. The third-order valence-electron chi connectivity index (χ3n) is 12.3. The second kappa shape index (κ2) is 31.8. The number of ether oxygens (including phenoxy) is 5. The van der Waals surface area contributed by atoms with Gasteiger partial charge < -0.3 is 65.0 Å². The summed E-state index contributed by atoms with van der Waals surface area (Å²) in [7, 11) is 4.97. The van der Waals surface area contributed by atoms with Crippen molar-refractivity contribution in [2.45, 2.75) is 32.6 Å². The number of aromatic carboxylic acids is 4. The largest absolute Gasteiger partial charge is 0.495 e. The van der Waals surface area contributed by atoms with Crippen LogP contribution in [-0.2, 0) is 9.53 Å². The van der Waals surface area contributed by atoms with Crippen molar-refractivity contribution in [1.29, 1.82) is 0 Å². The Kier molecular flexibility index (Phi) is 25.5. The fourth-order valence-electron chi connectivity index (χ4n) is 8.39. The van der Waals surface area contributed by atoms with Crippen molar-refractivity contribution in [2.24, 2.45) is 0 Å². The lowest BCUT2D eigenvalue weighted by Gasteiger charge is -2.31. The molecule has 0 aliphatic rings. The molecule has 0 saturated heterocycles. The third kappa shape index (κ3) is 18.1. The molecule has 0 heterocycles. The van der Waals surface area contributed by atoms with Gasteiger partial charge in [0.25, 0.3) is 23.6 Å². The molecule has 4 aromatic rings. The topological polar surface area (TPSA) is 327 Å². The Hall–Kier alpha value is -8.29. The molecule has 24 nitrogen and oxygen atoms in total. The smallest absolute Gasteiger partial charge is 0.339 e. The molecule has 0 aliphatic carbocycles. The van der Waals surface area contributed by atoms with Crippen LogP contribution in [0.2, 0.25) is 0 Å². The standard InChI is InChI=1S/C54H65BrN6O18/c1-6-79-42(62)19-8-7-9-23-61(50(66)40-31-33(55)32-41(54(73)74)46(40)78-5)30-29-60(26-22-58-49(65)36-15-12-18-39(53(71)72)45(36)77-4)28-27-59(24-20-56-47(63)34-13-10-16-37(51(67)68)43(34)75-2)25-21-57-48(64)35-14-11-17-38(52(69)70)44(35)76-3/h10-18,31-32H,6-9,19-30H2,1-5H3,(H,56,63)(H,57,64)(H,58,65)(H,67,68)(H,69,70)(H,71,72)(H,73,74). The molecule has 0 saturated carbocycles. The number of unbranched alkanes of at least 4 members (excludes halogenated alkanes) is 2. The Morgan fingerprint density at radius 2 is 0.810 bits per heavy atom. The molecule has 0 radical (unpaired) electrons. The van der Waals surface area contributed by atoms with E-state index in [1.54, 1.807) is 6.92 Å². The molecule has 7 N–H and O–H groups in total. The van der Waals surface area contributed by atoms with Crippen molar-refractivity contribution in [3.05, 3.63) is 116 Å². The summed E-state index contributed by atoms with van der Waals surface area (Å²) in [5.41, 5.74) is -1.07. The lowest BCUT2D eigenvalue weighted by Crippen LogP contribution is -2.46. The minimum absolute atomic E-state index is 0.000253. The van der Waals surface area contributed by atoms with Gasteiger partial charge in [-0.25, -0.2) is 19.2 Å². The summed E-state index contributed by atoms with van der Waals surface area (Å²) >= 11 is 3.32. The predicted octanol–water partition coefficient (Wildman–Crippen LogP) is 4.74. The molecule has 4 rings (SSSR count). The van der Waals surface area contributed by atoms with Gasteiger partial charge in [0.05, 0.1) is 57.3 Å². The number of amides is 4. The third-order valence-corrected chi connectivity index (χ3v) is 12.7. The van der Waals surface area contributed by atoms with E-state index in [-0.39, 0.29) is 158 Å². The Bertz CT molecular complexity index is 2760. The van der Waals surface area contributed by atoms with Gasteiger partial charge in [-0.15, -0.1) is 0 Å².